The van der Waals surface area contributed by atoms with Crippen LogP contribution in [-0.4, -0.2) is 36.4 Å². The Labute approximate surface area is 144 Å². The highest BCUT2D eigenvalue weighted by molar-refractivity contribution is 9.10. The van der Waals surface area contributed by atoms with Gasteiger partial charge in [-0.05, 0) is 40.3 Å². The number of aryl methyl sites for hydroxylation is 1. The predicted octanol–water partition coefficient (Wildman–Crippen LogP) is 1.91. The number of hydrogen-bond acceptors (Lipinski definition) is 8. The topological polar surface area (TPSA) is 127 Å². The minimum atomic E-state index is -3.77. The molecule has 0 fully saturated rings. The molecule has 2 aromatic rings. The summed E-state index contributed by atoms with van der Waals surface area (Å²) in [5.41, 5.74) is 0. The number of halogens is 1. The van der Waals surface area contributed by atoms with Crippen LogP contribution in [0.25, 0.3) is 0 Å². The third-order valence-electron chi connectivity index (χ3n) is 2.59. The van der Waals surface area contributed by atoms with Crippen molar-refractivity contribution in [3.05, 3.63) is 38.7 Å². The molecule has 0 atom stereocenters. The van der Waals surface area contributed by atoms with Crippen LogP contribution in [0.4, 0.5) is 10.8 Å². The SMILES string of the molecule is Cc1ncc(Br)c(NCCNS(=O)(=O)c2ccc([N+](=O)[O-])s2)n1. The van der Waals surface area contributed by atoms with Gasteiger partial charge in [-0.1, -0.05) is 0 Å². The smallest absolute Gasteiger partial charge is 0.325 e. The van der Waals surface area contributed by atoms with Gasteiger partial charge in [0.2, 0.25) is 10.0 Å². The number of aromatic nitrogens is 2. The lowest BCUT2D eigenvalue weighted by atomic mass is 10.5. The van der Waals surface area contributed by atoms with E-state index >= 15 is 0 Å². The van der Waals surface area contributed by atoms with Crippen LogP contribution >= 0.6 is 27.3 Å². The molecular weight excluding hydrogens is 410 g/mol. The summed E-state index contributed by atoms with van der Waals surface area (Å²) in [6.45, 7) is 2.13. The minimum absolute atomic E-state index is 0.0942. The Morgan fingerprint density at radius 3 is 2.78 bits per heavy atom. The number of nitrogens with zero attached hydrogens (tertiary/aromatic N) is 3. The van der Waals surface area contributed by atoms with E-state index in [2.05, 4.69) is 35.9 Å². The number of nitro groups is 1. The molecule has 0 aliphatic heterocycles. The Kier molecular flexibility index (Phi) is 5.62. The van der Waals surface area contributed by atoms with Gasteiger partial charge in [0.1, 0.15) is 15.9 Å². The van der Waals surface area contributed by atoms with E-state index in [0.717, 1.165) is 6.07 Å². The number of rotatable bonds is 7. The van der Waals surface area contributed by atoms with Gasteiger partial charge in [-0.25, -0.2) is 23.1 Å². The molecule has 0 saturated carbocycles. The minimum Gasteiger partial charge on any atom is -0.368 e. The first-order valence-electron chi connectivity index (χ1n) is 6.26. The van der Waals surface area contributed by atoms with E-state index in [9.17, 15) is 18.5 Å². The Morgan fingerprint density at radius 2 is 2.13 bits per heavy atom. The number of hydrogen-bond donors (Lipinski definition) is 2. The van der Waals surface area contributed by atoms with Crippen molar-refractivity contribution in [3.63, 3.8) is 0 Å². The lowest BCUT2D eigenvalue weighted by Crippen LogP contribution is -2.28. The first-order chi connectivity index (χ1) is 10.8. The maximum atomic E-state index is 12.0. The molecule has 0 bridgehead atoms. The summed E-state index contributed by atoms with van der Waals surface area (Å²) in [4.78, 5) is 18.1. The molecule has 0 aliphatic rings. The summed E-state index contributed by atoms with van der Waals surface area (Å²) < 4.78 is 27.0. The van der Waals surface area contributed by atoms with Crippen molar-refractivity contribution in [2.75, 3.05) is 18.4 Å². The molecule has 2 N–H and O–H groups in total. The highest BCUT2D eigenvalue weighted by atomic mass is 79.9. The predicted molar refractivity (Wildman–Crippen MR) is 89.1 cm³/mol. The van der Waals surface area contributed by atoms with Gasteiger partial charge in [0.25, 0.3) is 0 Å². The van der Waals surface area contributed by atoms with Crippen LogP contribution in [0.1, 0.15) is 5.82 Å². The fourth-order valence-corrected chi connectivity index (χ4v) is 4.09. The quantitative estimate of drug-likeness (QED) is 0.396. The zero-order valence-corrected chi connectivity index (χ0v) is 15.0. The molecule has 12 heteroatoms. The van der Waals surface area contributed by atoms with Crippen molar-refractivity contribution in [1.82, 2.24) is 14.7 Å². The van der Waals surface area contributed by atoms with Crippen LogP contribution < -0.4 is 10.0 Å². The van der Waals surface area contributed by atoms with Crippen LogP contribution in [0, 0.1) is 17.0 Å². The molecule has 0 radical (unpaired) electrons. The normalized spacial score (nSPS) is 11.4. The van der Waals surface area contributed by atoms with Gasteiger partial charge in [-0.15, -0.1) is 0 Å². The first kappa shape index (κ1) is 17.7. The molecule has 0 spiro atoms. The molecule has 0 aromatic carbocycles. The van der Waals surface area contributed by atoms with Gasteiger partial charge < -0.3 is 5.32 Å². The van der Waals surface area contributed by atoms with E-state index in [4.69, 9.17) is 0 Å². The summed E-state index contributed by atoms with van der Waals surface area (Å²) in [7, 11) is -3.77. The van der Waals surface area contributed by atoms with Crippen LogP contribution in [-0.2, 0) is 10.0 Å². The van der Waals surface area contributed by atoms with Gasteiger partial charge in [-0.2, -0.15) is 0 Å². The third-order valence-corrected chi connectivity index (χ3v) is 6.16. The van der Waals surface area contributed by atoms with Crippen LogP contribution in [0.15, 0.2) is 27.0 Å². The second-order valence-corrected chi connectivity index (χ2v) is 8.20. The van der Waals surface area contributed by atoms with Crippen LogP contribution in [0.3, 0.4) is 0 Å². The van der Waals surface area contributed by atoms with Crippen molar-refractivity contribution < 1.29 is 13.3 Å². The van der Waals surface area contributed by atoms with Gasteiger partial charge in [0.05, 0.1) is 9.40 Å². The van der Waals surface area contributed by atoms with Gasteiger partial charge in [0, 0.05) is 25.4 Å². The molecule has 23 heavy (non-hydrogen) atoms. The summed E-state index contributed by atoms with van der Waals surface area (Å²) in [6, 6.07) is 2.38. The third kappa shape index (κ3) is 4.67. The number of thiophene rings is 1. The molecule has 0 unspecified atom stereocenters. The van der Waals surface area contributed by atoms with Crippen molar-refractivity contribution in [1.29, 1.82) is 0 Å². The maximum absolute atomic E-state index is 12.0. The number of sulfonamides is 1. The molecule has 124 valence electrons. The molecule has 2 rings (SSSR count). The zero-order chi connectivity index (χ0) is 17.0. The van der Waals surface area contributed by atoms with Crippen molar-refractivity contribution in [2.45, 2.75) is 11.1 Å². The Balaban J connectivity index is 1.92. The van der Waals surface area contributed by atoms with E-state index < -0.39 is 14.9 Å². The molecule has 0 amide bonds. The van der Waals surface area contributed by atoms with Gasteiger partial charge in [-0.3, -0.25) is 10.1 Å². The first-order valence-corrected chi connectivity index (χ1v) is 9.36. The standard InChI is InChI=1S/C11H12BrN5O4S2/c1-7-14-6-8(12)11(16-7)13-4-5-15-23(20,21)10-3-2-9(22-10)17(18)19/h2-3,6,15H,4-5H2,1H3,(H,13,14,16). The van der Waals surface area contributed by atoms with E-state index in [0.29, 0.717) is 34.0 Å². The number of nitrogens with one attached hydrogen (secondary N) is 2. The zero-order valence-electron chi connectivity index (χ0n) is 11.8. The molecule has 2 heterocycles. The lowest BCUT2D eigenvalue weighted by molar-refractivity contribution is -0.380. The second kappa shape index (κ2) is 7.29. The van der Waals surface area contributed by atoms with E-state index in [1.807, 2.05) is 0 Å². The van der Waals surface area contributed by atoms with Crippen LogP contribution in [0.5, 0.6) is 0 Å². The van der Waals surface area contributed by atoms with Crippen molar-refractivity contribution in [2.24, 2.45) is 0 Å². The van der Waals surface area contributed by atoms with E-state index in [1.54, 1.807) is 13.1 Å². The second-order valence-electron chi connectivity index (χ2n) is 4.29. The Hall–Kier alpha value is -1.63. The summed E-state index contributed by atoms with van der Waals surface area (Å²) in [5, 5.41) is 13.3. The summed E-state index contributed by atoms with van der Waals surface area (Å²) >= 11 is 3.90. The van der Waals surface area contributed by atoms with Crippen LogP contribution in [0.2, 0.25) is 0 Å². The highest BCUT2D eigenvalue weighted by Crippen LogP contribution is 2.27. The van der Waals surface area contributed by atoms with Crippen molar-refractivity contribution >= 4 is 48.1 Å². The fourth-order valence-electron chi connectivity index (χ4n) is 1.57. The summed E-state index contributed by atoms with van der Waals surface area (Å²) in [5.74, 6) is 1.14. The van der Waals surface area contributed by atoms with Gasteiger partial charge in [0.15, 0.2) is 0 Å². The fraction of sp³-hybridized carbons (Fsp3) is 0.273. The lowest BCUT2D eigenvalue weighted by Gasteiger charge is -2.08. The maximum Gasteiger partial charge on any atom is 0.325 e. The molecule has 0 aliphatic carbocycles. The average molecular weight is 422 g/mol. The molecule has 0 saturated heterocycles. The van der Waals surface area contributed by atoms with Gasteiger partial charge >= 0.3 is 5.00 Å². The molecule has 2 aromatic heterocycles. The van der Waals surface area contributed by atoms with Crippen molar-refractivity contribution in [3.8, 4) is 0 Å². The van der Waals surface area contributed by atoms with E-state index in [-0.39, 0.29) is 15.8 Å². The van der Waals surface area contributed by atoms with E-state index in [1.165, 1.54) is 6.07 Å². The Morgan fingerprint density at radius 1 is 1.39 bits per heavy atom. The molecule has 9 nitrogen and oxygen atoms in total. The summed E-state index contributed by atoms with van der Waals surface area (Å²) in [6.07, 6.45) is 1.60. The Bertz CT molecular complexity index is 824. The highest BCUT2D eigenvalue weighted by Gasteiger charge is 2.20. The number of anilines is 1. The molecular formula is C11H12BrN5O4S2. The average Bonchev–Trinajstić information content (AvgIpc) is 2.98. The monoisotopic (exact) mass is 421 g/mol. The largest absolute Gasteiger partial charge is 0.368 e.